The van der Waals surface area contributed by atoms with E-state index in [0.717, 1.165) is 0 Å². The first kappa shape index (κ1) is 36.0. The van der Waals surface area contributed by atoms with Crippen LogP contribution in [0.1, 0.15) is 11.1 Å². The molecule has 0 aliphatic carbocycles. The predicted octanol–water partition coefficient (Wildman–Crippen LogP) is 15.7. The molecule has 0 fully saturated rings. The predicted molar refractivity (Wildman–Crippen MR) is 286 cm³/mol. The molecule has 0 saturated carbocycles. The molecular formula is C60H37BN2S2. The third-order valence-electron chi connectivity index (χ3n) is 14.5. The van der Waals surface area contributed by atoms with Crippen LogP contribution in [-0.4, -0.2) is 6.71 Å². The van der Waals surface area contributed by atoms with Crippen molar-refractivity contribution >= 4 is 163 Å². The van der Waals surface area contributed by atoms with Crippen LogP contribution >= 0.6 is 22.7 Å². The number of aryl methyl sites for hydroxylation is 2. The van der Waals surface area contributed by atoms with E-state index < -0.39 is 0 Å². The summed E-state index contributed by atoms with van der Waals surface area (Å²) in [6, 6.07) is 71.3. The Labute approximate surface area is 383 Å². The van der Waals surface area contributed by atoms with E-state index in [2.05, 4.69) is 212 Å². The quantitative estimate of drug-likeness (QED) is 0.126. The fraction of sp³-hybridized carbons (Fsp3) is 0.0333. The van der Waals surface area contributed by atoms with E-state index in [1.54, 1.807) is 0 Å². The molecule has 4 heterocycles. The molecule has 2 nitrogen and oxygen atoms in total. The van der Waals surface area contributed by atoms with Gasteiger partial charge in [-0.25, -0.2) is 0 Å². The summed E-state index contributed by atoms with van der Waals surface area (Å²) in [5, 5.41) is 20.8. The fourth-order valence-electron chi connectivity index (χ4n) is 11.8. The normalized spacial score (nSPS) is 13.3. The van der Waals surface area contributed by atoms with Crippen molar-refractivity contribution in [3.05, 3.63) is 199 Å². The van der Waals surface area contributed by atoms with E-state index in [1.165, 1.54) is 145 Å². The van der Waals surface area contributed by atoms with Crippen LogP contribution in [0.25, 0.3) is 84.8 Å². The van der Waals surface area contributed by atoms with Gasteiger partial charge < -0.3 is 9.80 Å². The van der Waals surface area contributed by atoms with Crippen LogP contribution in [0.15, 0.2) is 188 Å². The average Bonchev–Trinajstić information content (AvgIpc) is 3.92. The van der Waals surface area contributed by atoms with Crippen molar-refractivity contribution in [2.24, 2.45) is 0 Å². The van der Waals surface area contributed by atoms with Crippen LogP contribution in [0.3, 0.4) is 0 Å². The Hall–Kier alpha value is -7.44. The maximum atomic E-state index is 2.61. The minimum Gasteiger partial charge on any atom is -0.303 e. The molecule has 0 saturated heterocycles. The third-order valence-corrected chi connectivity index (χ3v) is 16.9. The van der Waals surface area contributed by atoms with Gasteiger partial charge in [0, 0.05) is 32.1 Å². The van der Waals surface area contributed by atoms with Crippen molar-refractivity contribution in [1.29, 1.82) is 0 Å². The first-order valence-corrected chi connectivity index (χ1v) is 24.2. The van der Waals surface area contributed by atoms with Gasteiger partial charge in [0.15, 0.2) is 0 Å². The van der Waals surface area contributed by atoms with E-state index in [1.807, 2.05) is 22.7 Å². The van der Waals surface area contributed by atoms with Gasteiger partial charge in [0.25, 0.3) is 6.71 Å². The summed E-state index contributed by atoms with van der Waals surface area (Å²) in [4.78, 5) is 5.22. The molecule has 0 amide bonds. The van der Waals surface area contributed by atoms with E-state index in [0.29, 0.717) is 0 Å². The van der Waals surface area contributed by atoms with Gasteiger partial charge in [-0.2, -0.15) is 0 Å². The van der Waals surface area contributed by atoms with Crippen LogP contribution in [0, 0.1) is 13.8 Å². The highest BCUT2D eigenvalue weighted by atomic mass is 32.1. The Balaban J connectivity index is 1.05. The lowest BCUT2D eigenvalue weighted by atomic mass is 9.33. The number of thiophene rings is 2. The summed E-state index contributed by atoms with van der Waals surface area (Å²) in [5.74, 6) is 0. The van der Waals surface area contributed by atoms with Crippen molar-refractivity contribution in [2.45, 2.75) is 13.8 Å². The summed E-state index contributed by atoms with van der Waals surface area (Å²) in [6.07, 6.45) is 0. The molecule has 0 atom stereocenters. The Morgan fingerprint density at radius 3 is 1.05 bits per heavy atom. The number of nitrogens with zero attached hydrogens (tertiary/aromatic N) is 2. The third kappa shape index (κ3) is 4.84. The molecule has 0 bridgehead atoms. The maximum absolute atomic E-state index is 2.61. The summed E-state index contributed by atoms with van der Waals surface area (Å²) in [6.45, 7) is 4.53. The molecule has 2 aromatic heterocycles. The van der Waals surface area contributed by atoms with Gasteiger partial charge in [-0.1, -0.05) is 151 Å². The van der Waals surface area contributed by atoms with Crippen molar-refractivity contribution < 1.29 is 0 Å². The molecule has 13 aromatic rings. The zero-order valence-electron chi connectivity index (χ0n) is 35.7. The van der Waals surface area contributed by atoms with Crippen molar-refractivity contribution in [2.75, 3.05) is 9.80 Å². The molecule has 0 N–H and O–H groups in total. The maximum Gasteiger partial charge on any atom is 0.256 e. The van der Waals surface area contributed by atoms with E-state index >= 15 is 0 Å². The number of rotatable bonds is 2. The highest BCUT2D eigenvalue weighted by Gasteiger charge is 2.47. The lowest BCUT2D eigenvalue weighted by Gasteiger charge is -2.42. The molecule has 65 heavy (non-hydrogen) atoms. The zero-order chi connectivity index (χ0) is 42.7. The van der Waals surface area contributed by atoms with Crippen molar-refractivity contribution in [1.82, 2.24) is 0 Å². The largest absolute Gasteiger partial charge is 0.303 e. The molecule has 0 spiro atoms. The Bertz CT molecular complexity index is 3920. The number of hydrogen-bond acceptors (Lipinski definition) is 4. The minimum absolute atomic E-state index is 0.0419. The Kier molecular flexibility index (Phi) is 7.23. The zero-order valence-corrected chi connectivity index (χ0v) is 37.3. The molecule has 2 aliphatic heterocycles. The van der Waals surface area contributed by atoms with Gasteiger partial charge in [-0.15, -0.1) is 22.7 Å². The van der Waals surface area contributed by atoms with Crippen LogP contribution in [0.5, 0.6) is 0 Å². The van der Waals surface area contributed by atoms with Gasteiger partial charge in [-0.3, -0.25) is 0 Å². The molecule has 5 heteroatoms. The fourth-order valence-corrected chi connectivity index (χ4v) is 14.3. The summed E-state index contributed by atoms with van der Waals surface area (Å²) in [5.41, 5.74) is 11.6. The lowest BCUT2D eigenvalue weighted by molar-refractivity contribution is 1.29. The second-order valence-corrected chi connectivity index (χ2v) is 20.2. The van der Waals surface area contributed by atoms with Crippen LogP contribution in [0.4, 0.5) is 32.8 Å². The Morgan fingerprint density at radius 2 is 0.662 bits per heavy atom. The highest BCUT2D eigenvalue weighted by molar-refractivity contribution is 7.29. The molecule has 0 unspecified atom stereocenters. The first-order valence-electron chi connectivity index (χ1n) is 22.5. The van der Waals surface area contributed by atoms with E-state index in [9.17, 15) is 0 Å². The molecule has 302 valence electrons. The number of anilines is 6. The number of fused-ring (bicyclic) bond motifs is 20. The molecule has 2 aliphatic rings. The highest BCUT2D eigenvalue weighted by Crippen LogP contribution is 2.51. The molecule has 0 radical (unpaired) electrons. The van der Waals surface area contributed by atoms with Gasteiger partial charge >= 0.3 is 0 Å². The lowest BCUT2D eigenvalue weighted by Crippen LogP contribution is -2.60. The summed E-state index contributed by atoms with van der Waals surface area (Å²) < 4.78 is 2.65. The Morgan fingerprint density at radius 1 is 0.308 bits per heavy atom. The van der Waals surface area contributed by atoms with Crippen molar-refractivity contribution in [3.63, 3.8) is 0 Å². The van der Waals surface area contributed by atoms with Gasteiger partial charge in [-0.05, 0) is 154 Å². The van der Waals surface area contributed by atoms with Gasteiger partial charge in [0.1, 0.15) is 0 Å². The monoisotopic (exact) mass is 860 g/mol. The van der Waals surface area contributed by atoms with Gasteiger partial charge in [0.2, 0.25) is 0 Å². The first-order chi connectivity index (χ1) is 32.1. The molecule has 15 rings (SSSR count). The van der Waals surface area contributed by atoms with Crippen LogP contribution in [0.2, 0.25) is 0 Å². The summed E-state index contributed by atoms with van der Waals surface area (Å²) >= 11 is 3.88. The smallest absolute Gasteiger partial charge is 0.256 e. The van der Waals surface area contributed by atoms with Gasteiger partial charge in [0.05, 0.1) is 10.0 Å². The second kappa shape index (κ2) is 13.1. The van der Waals surface area contributed by atoms with Crippen molar-refractivity contribution in [3.8, 4) is 0 Å². The van der Waals surface area contributed by atoms with Crippen LogP contribution in [-0.2, 0) is 0 Å². The standard InChI is InChI=1S/C60H37BN2S2/c1-34-22-28-54-50(30-34)56-59(64-54)62(36-24-26-46-42-16-5-3-12-38(42)40-14-7-9-18-44(40)48(46)32-36)52-20-11-21-53-58(52)61(56)57-51-31-35(2)23-29-55(51)65-60(57)63(53)37-25-27-47-43-17-6-4-13-39(43)41-15-8-10-19-45(41)49(47)33-37/h3-33H,1-2H3. The molecule has 11 aromatic carbocycles. The second-order valence-electron chi connectivity index (χ2n) is 18.1. The topological polar surface area (TPSA) is 6.48 Å². The average molecular weight is 861 g/mol. The minimum atomic E-state index is 0.0419. The van der Waals surface area contributed by atoms with E-state index in [-0.39, 0.29) is 6.71 Å². The van der Waals surface area contributed by atoms with Crippen LogP contribution < -0.4 is 26.2 Å². The number of benzene rings is 11. The van der Waals surface area contributed by atoms with E-state index in [4.69, 9.17) is 0 Å². The number of hydrogen-bond donors (Lipinski definition) is 0. The summed E-state index contributed by atoms with van der Waals surface area (Å²) in [7, 11) is 0. The molecular weight excluding hydrogens is 824 g/mol. The SMILES string of the molecule is Cc1ccc2sc3c(c2c1)B1c2c(cccc2N(c2ccc4c5ccccc5c5ccccc5c4c2)c2sc4ccc(C)cc4c21)N3c1ccc2c3ccccc3c3ccccc3c2c1.